The van der Waals surface area contributed by atoms with Crippen molar-refractivity contribution in [3.05, 3.63) is 47.8 Å². The van der Waals surface area contributed by atoms with E-state index >= 15 is 0 Å². The highest BCUT2D eigenvalue weighted by Gasteiger charge is 2.17. The molecule has 0 saturated heterocycles. The number of aromatic nitrogens is 2. The number of hydrogen-bond acceptors (Lipinski definition) is 4. The minimum atomic E-state index is -0.762. The first kappa shape index (κ1) is 13.8. The number of carbonyl (C=O) groups is 1. The third kappa shape index (κ3) is 3.22. The van der Waals surface area contributed by atoms with E-state index in [1.165, 1.54) is 0 Å². The number of nitrogens with two attached hydrogens (primary N) is 1. The molecule has 1 atom stereocenters. The van der Waals surface area contributed by atoms with Gasteiger partial charge in [0.2, 0.25) is 5.91 Å². The quantitative estimate of drug-likeness (QED) is 0.869. The molecule has 20 heavy (non-hydrogen) atoms. The van der Waals surface area contributed by atoms with Gasteiger partial charge in [0.05, 0.1) is 18.7 Å². The fraction of sp³-hybridized carbons (Fsp3) is 0.214. The summed E-state index contributed by atoms with van der Waals surface area (Å²) < 4.78 is 1.60. The van der Waals surface area contributed by atoms with Crippen molar-refractivity contribution in [3.8, 4) is 6.07 Å². The molecule has 0 fully saturated rings. The van der Waals surface area contributed by atoms with Gasteiger partial charge in [-0.2, -0.15) is 10.4 Å². The molecule has 3 N–H and O–H groups in total. The van der Waals surface area contributed by atoms with E-state index in [1.54, 1.807) is 48.4 Å². The summed E-state index contributed by atoms with van der Waals surface area (Å²) in [5.41, 5.74) is 8.08. The summed E-state index contributed by atoms with van der Waals surface area (Å²) in [5.74, 6) is -0.300. The molecular weight excluding hydrogens is 254 g/mol. The van der Waals surface area contributed by atoms with Crippen molar-refractivity contribution >= 4 is 11.6 Å². The van der Waals surface area contributed by atoms with Gasteiger partial charge in [0.25, 0.3) is 0 Å². The van der Waals surface area contributed by atoms with Crippen LogP contribution in [0.25, 0.3) is 0 Å². The Kier molecular flexibility index (Phi) is 4.13. The second-order valence-electron chi connectivity index (χ2n) is 4.45. The SMILES string of the molecule is Cn1cc(C(N)C(=O)Nc2ccc(CC#N)cc2)cn1. The van der Waals surface area contributed by atoms with Gasteiger partial charge in [-0.1, -0.05) is 12.1 Å². The van der Waals surface area contributed by atoms with Crippen molar-refractivity contribution in [1.82, 2.24) is 9.78 Å². The fourth-order valence-electron chi connectivity index (χ4n) is 1.77. The maximum Gasteiger partial charge on any atom is 0.246 e. The van der Waals surface area contributed by atoms with Crippen LogP contribution in [0.5, 0.6) is 0 Å². The van der Waals surface area contributed by atoms with Gasteiger partial charge in [-0.05, 0) is 17.7 Å². The van der Waals surface area contributed by atoms with Crippen LogP contribution in [0.3, 0.4) is 0 Å². The van der Waals surface area contributed by atoms with E-state index in [-0.39, 0.29) is 5.91 Å². The number of nitrogens with one attached hydrogen (secondary N) is 1. The van der Waals surface area contributed by atoms with Crippen LogP contribution in [-0.2, 0) is 18.3 Å². The number of aryl methyl sites for hydroxylation is 1. The topological polar surface area (TPSA) is 96.7 Å². The van der Waals surface area contributed by atoms with Crippen molar-refractivity contribution in [1.29, 1.82) is 5.26 Å². The first-order valence-corrected chi connectivity index (χ1v) is 6.11. The van der Waals surface area contributed by atoms with Gasteiger partial charge >= 0.3 is 0 Å². The normalized spacial score (nSPS) is 11.7. The van der Waals surface area contributed by atoms with E-state index in [2.05, 4.69) is 16.5 Å². The van der Waals surface area contributed by atoms with Gasteiger partial charge in [-0.15, -0.1) is 0 Å². The summed E-state index contributed by atoms with van der Waals surface area (Å²) in [6.07, 6.45) is 3.63. The van der Waals surface area contributed by atoms with Crippen molar-refractivity contribution in [2.24, 2.45) is 12.8 Å². The molecule has 1 heterocycles. The summed E-state index contributed by atoms with van der Waals surface area (Å²) in [4.78, 5) is 12.0. The highest BCUT2D eigenvalue weighted by molar-refractivity contribution is 5.95. The highest BCUT2D eigenvalue weighted by atomic mass is 16.2. The Bertz CT molecular complexity index is 638. The van der Waals surface area contributed by atoms with Crippen LogP contribution < -0.4 is 11.1 Å². The standard InChI is InChI=1S/C14H15N5O/c1-19-9-11(8-17-19)13(16)14(20)18-12-4-2-10(3-5-12)6-7-15/h2-5,8-9,13H,6,16H2,1H3,(H,18,20). The number of rotatable bonds is 4. The molecule has 2 aromatic rings. The van der Waals surface area contributed by atoms with Crippen LogP contribution in [0.1, 0.15) is 17.2 Å². The monoisotopic (exact) mass is 269 g/mol. The number of anilines is 1. The third-order valence-electron chi connectivity index (χ3n) is 2.87. The molecular formula is C14H15N5O. The minimum absolute atomic E-state index is 0.300. The number of benzene rings is 1. The summed E-state index contributed by atoms with van der Waals surface area (Å²) in [6, 6.07) is 8.41. The lowest BCUT2D eigenvalue weighted by atomic mass is 10.1. The van der Waals surface area contributed by atoms with Crippen LogP contribution in [0, 0.1) is 11.3 Å². The molecule has 0 aliphatic rings. The first-order chi connectivity index (χ1) is 9.60. The minimum Gasteiger partial charge on any atom is -0.324 e. The van der Waals surface area contributed by atoms with E-state index in [9.17, 15) is 4.79 Å². The maximum absolute atomic E-state index is 12.0. The molecule has 1 aromatic carbocycles. The van der Waals surface area contributed by atoms with Crippen molar-refractivity contribution in [2.75, 3.05) is 5.32 Å². The molecule has 6 nitrogen and oxygen atoms in total. The van der Waals surface area contributed by atoms with Gasteiger partial charge in [0.15, 0.2) is 0 Å². The van der Waals surface area contributed by atoms with Gasteiger partial charge in [-0.3, -0.25) is 9.48 Å². The van der Waals surface area contributed by atoms with E-state index in [1.807, 2.05) is 0 Å². The second-order valence-corrected chi connectivity index (χ2v) is 4.45. The summed E-state index contributed by atoms with van der Waals surface area (Å²) in [5, 5.41) is 15.3. The van der Waals surface area contributed by atoms with Crippen molar-refractivity contribution in [3.63, 3.8) is 0 Å². The molecule has 0 bridgehead atoms. The Balaban J connectivity index is 2.02. The van der Waals surface area contributed by atoms with Crippen molar-refractivity contribution < 1.29 is 4.79 Å². The van der Waals surface area contributed by atoms with Crippen LogP contribution in [-0.4, -0.2) is 15.7 Å². The lowest BCUT2D eigenvalue weighted by Crippen LogP contribution is -2.27. The molecule has 1 unspecified atom stereocenters. The molecule has 1 aromatic heterocycles. The average Bonchev–Trinajstić information content (AvgIpc) is 2.87. The fourth-order valence-corrected chi connectivity index (χ4v) is 1.77. The van der Waals surface area contributed by atoms with Gasteiger partial charge in [0.1, 0.15) is 6.04 Å². The molecule has 2 rings (SSSR count). The largest absolute Gasteiger partial charge is 0.324 e. The molecule has 0 aliphatic heterocycles. The predicted molar refractivity (Wildman–Crippen MR) is 74.5 cm³/mol. The van der Waals surface area contributed by atoms with Crippen LogP contribution >= 0.6 is 0 Å². The zero-order chi connectivity index (χ0) is 14.5. The van der Waals surface area contributed by atoms with Crippen LogP contribution in [0.4, 0.5) is 5.69 Å². The molecule has 6 heteroatoms. The van der Waals surface area contributed by atoms with Crippen molar-refractivity contribution in [2.45, 2.75) is 12.5 Å². The zero-order valence-electron chi connectivity index (χ0n) is 11.1. The number of hydrogen-bond donors (Lipinski definition) is 2. The van der Waals surface area contributed by atoms with Crippen LogP contribution in [0.15, 0.2) is 36.7 Å². The van der Waals surface area contributed by atoms with Gasteiger partial charge in [-0.25, -0.2) is 0 Å². The average molecular weight is 269 g/mol. The Morgan fingerprint density at radius 1 is 1.50 bits per heavy atom. The smallest absolute Gasteiger partial charge is 0.246 e. The predicted octanol–water partition coefficient (Wildman–Crippen LogP) is 1.12. The van der Waals surface area contributed by atoms with E-state index in [0.717, 1.165) is 5.56 Å². The number of carbonyl (C=O) groups excluding carboxylic acids is 1. The molecule has 0 saturated carbocycles. The second kappa shape index (κ2) is 5.99. The Morgan fingerprint density at radius 3 is 2.75 bits per heavy atom. The number of nitrogens with zero attached hydrogens (tertiary/aromatic N) is 3. The van der Waals surface area contributed by atoms with E-state index in [0.29, 0.717) is 17.7 Å². The Hall–Kier alpha value is -2.65. The lowest BCUT2D eigenvalue weighted by Gasteiger charge is -2.10. The Labute approximate surface area is 116 Å². The summed E-state index contributed by atoms with van der Waals surface area (Å²) in [6.45, 7) is 0. The molecule has 102 valence electrons. The molecule has 0 spiro atoms. The van der Waals surface area contributed by atoms with Crippen LogP contribution in [0.2, 0.25) is 0 Å². The summed E-state index contributed by atoms with van der Waals surface area (Å²) in [7, 11) is 1.77. The van der Waals surface area contributed by atoms with Gasteiger partial charge < -0.3 is 11.1 Å². The third-order valence-corrected chi connectivity index (χ3v) is 2.87. The highest BCUT2D eigenvalue weighted by Crippen LogP contribution is 2.14. The first-order valence-electron chi connectivity index (χ1n) is 6.11. The molecule has 1 amide bonds. The zero-order valence-corrected chi connectivity index (χ0v) is 11.1. The number of amides is 1. The van der Waals surface area contributed by atoms with E-state index < -0.39 is 6.04 Å². The summed E-state index contributed by atoms with van der Waals surface area (Å²) >= 11 is 0. The lowest BCUT2D eigenvalue weighted by molar-refractivity contribution is -0.117. The Morgan fingerprint density at radius 2 is 2.20 bits per heavy atom. The maximum atomic E-state index is 12.0. The molecule has 0 radical (unpaired) electrons. The van der Waals surface area contributed by atoms with Gasteiger partial charge in [0, 0.05) is 24.5 Å². The van der Waals surface area contributed by atoms with E-state index in [4.69, 9.17) is 11.0 Å². The number of nitriles is 1. The molecule has 0 aliphatic carbocycles.